The molecule has 0 fully saturated rings. The summed E-state index contributed by atoms with van der Waals surface area (Å²) in [5, 5.41) is 5.77. The standard InChI is InChI=1S/C25H26N2O3/c1-18(2)30-22-15-13-19(14-16-22)17-26-25(29)23(20-9-5-3-6-10-20)27-24(28)21-11-7-4-8-12-21/h3-16,18,23H,17H2,1-2H3,(H,26,29)(H,27,28). The number of nitrogens with one attached hydrogen (secondary N) is 2. The van der Waals surface area contributed by atoms with Gasteiger partial charge >= 0.3 is 0 Å². The molecule has 0 aromatic heterocycles. The minimum Gasteiger partial charge on any atom is -0.491 e. The predicted molar refractivity (Wildman–Crippen MR) is 117 cm³/mol. The lowest BCUT2D eigenvalue weighted by atomic mass is 10.0. The SMILES string of the molecule is CC(C)Oc1ccc(CNC(=O)C(NC(=O)c2ccccc2)c2ccccc2)cc1. The van der Waals surface area contributed by atoms with Gasteiger partial charge in [0.2, 0.25) is 5.91 Å². The molecule has 5 nitrogen and oxygen atoms in total. The van der Waals surface area contributed by atoms with Gasteiger partial charge in [0, 0.05) is 12.1 Å². The molecular formula is C25H26N2O3. The van der Waals surface area contributed by atoms with Crippen LogP contribution in [0.4, 0.5) is 0 Å². The lowest BCUT2D eigenvalue weighted by molar-refractivity contribution is -0.123. The maximum atomic E-state index is 12.9. The molecule has 1 atom stereocenters. The molecule has 3 rings (SSSR count). The largest absolute Gasteiger partial charge is 0.491 e. The summed E-state index contributed by atoms with van der Waals surface area (Å²) in [4.78, 5) is 25.6. The van der Waals surface area contributed by atoms with Crippen molar-refractivity contribution >= 4 is 11.8 Å². The van der Waals surface area contributed by atoms with Crippen molar-refractivity contribution in [1.29, 1.82) is 0 Å². The molecule has 0 saturated carbocycles. The van der Waals surface area contributed by atoms with Crippen LogP contribution < -0.4 is 15.4 Å². The van der Waals surface area contributed by atoms with E-state index in [-0.39, 0.29) is 17.9 Å². The number of hydrogen-bond acceptors (Lipinski definition) is 3. The van der Waals surface area contributed by atoms with Crippen LogP contribution in [0.25, 0.3) is 0 Å². The Labute approximate surface area is 177 Å². The summed E-state index contributed by atoms with van der Waals surface area (Å²) >= 11 is 0. The zero-order valence-electron chi connectivity index (χ0n) is 17.2. The minimum absolute atomic E-state index is 0.107. The first-order chi connectivity index (χ1) is 14.5. The molecule has 0 bridgehead atoms. The van der Waals surface area contributed by atoms with Crippen LogP contribution in [0.15, 0.2) is 84.9 Å². The van der Waals surface area contributed by atoms with Gasteiger partial charge in [0.25, 0.3) is 5.91 Å². The summed E-state index contributed by atoms with van der Waals surface area (Å²) in [7, 11) is 0. The lowest BCUT2D eigenvalue weighted by Gasteiger charge is -2.19. The van der Waals surface area contributed by atoms with Crippen molar-refractivity contribution in [3.63, 3.8) is 0 Å². The normalized spacial score (nSPS) is 11.6. The molecule has 5 heteroatoms. The Hall–Kier alpha value is -3.60. The topological polar surface area (TPSA) is 67.4 Å². The van der Waals surface area contributed by atoms with Crippen molar-refractivity contribution in [3.8, 4) is 5.75 Å². The van der Waals surface area contributed by atoms with E-state index in [4.69, 9.17) is 4.74 Å². The van der Waals surface area contributed by atoms with Gasteiger partial charge in [-0.05, 0) is 49.2 Å². The van der Waals surface area contributed by atoms with Crippen LogP contribution in [0.1, 0.15) is 41.4 Å². The third-order valence-corrected chi connectivity index (χ3v) is 4.47. The van der Waals surface area contributed by atoms with Gasteiger partial charge in [-0.2, -0.15) is 0 Å². The van der Waals surface area contributed by atoms with Gasteiger partial charge in [0.15, 0.2) is 0 Å². The quantitative estimate of drug-likeness (QED) is 0.592. The number of ether oxygens (including phenoxy) is 1. The van der Waals surface area contributed by atoms with Crippen molar-refractivity contribution < 1.29 is 14.3 Å². The highest BCUT2D eigenvalue weighted by Crippen LogP contribution is 2.16. The molecule has 0 heterocycles. The van der Waals surface area contributed by atoms with E-state index < -0.39 is 6.04 Å². The fourth-order valence-corrected chi connectivity index (χ4v) is 3.00. The first kappa shape index (κ1) is 21.1. The van der Waals surface area contributed by atoms with Gasteiger partial charge in [0.05, 0.1) is 6.10 Å². The Kier molecular flexibility index (Phi) is 7.22. The predicted octanol–water partition coefficient (Wildman–Crippen LogP) is 4.26. The number of amides is 2. The Balaban J connectivity index is 1.68. The molecule has 1 unspecified atom stereocenters. The van der Waals surface area contributed by atoms with Crippen LogP contribution in [0.3, 0.4) is 0 Å². The molecule has 0 aliphatic heterocycles. The van der Waals surface area contributed by atoms with Crippen molar-refractivity contribution in [3.05, 3.63) is 102 Å². The summed E-state index contributed by atoms with van der Waals surface area (Å²) in [6, 6.07) is 24.9. The fourth-order valence-electron chi connectivity index (χ4n) is 3.00. The van der Waals surface area contributed by atoms with E-state index in [9.17, 15) is 9.59 Å². The maximum absolute atomic E-state index is 12.9. The van der Waals surface area contributed by atoms with Crippen LogP contribution in [0, 0.1) is 0 Å². The van der Waals surface area contributed by atoms with Crippen LogP contribution in [-0.4, -0.2) is 17.9 Å². The third kappa shape index (κ3) is 5.95. The second kappa shape index (κ2) is 10.3. The fraction of sp³-hybridized carbons (Fsp3) is 0.200. The Morgan fingerprint density at radius 2 is 1.43 bits per heavy atom. The first-order valence-electron chi connectivity index (χ1n) is 9.97. The molecule has 3 aromatic carbocycles. The van der Waals surface area contributed by atoms with E-state index >= 15 is 0 Å². The lowest BCUT2D eigenvalue weighted by Crippen LogP contribution is -2.40. The van der Waals surface area contributed by atoms with Crippen molar-refractivity contribution in [2.24, 2.45) is 0 Å². The van der Waals surface area contributed by atoms with Crippen LogP contribution >= 0.6 is 0 Å². The van der Waals surface area contributed by atoms with Crippen molar-refractivity contribution in [1.82, 2.24) is 10.6 Å². The molecule has 3 aromatic rings. The minimum atomic E-state index is -0.789. The Morgan fingerprint density at radius 3 is 2.03 bits per heavy atom. The highest BCUT2D eigenvalue weighted by atomic mass is 16.5. The summed E-state index contributed by atoms with van der Waals surface area (Å²) < 4.78 is 5.64. The van der Waals surface area contributed by atoms with Gasteiger partial charge in [0.1, 0.15) is 11.8 Å². The molecule has 2 N–H and O–H groups in total. The van der Waals surface area contributed by atoms with E-state index in [0.29, 0.717) is 12.1 Å². The van der Waals surface area contributed by atoms with Crippen LogP contribution in [-0.2, 0) is 11.3 Å². The smallest absolute Gasteiger partial charge is 0.252 e. The third-order valence-electron chi connectivity index (χ3n) is 4.47. The number of carbonyl (C=O) groups is 2. The molecule has 30 heavy (non-hydrogen) atoms. The van der Waals surface area contributed by atoms with Crippen molar-refractivity contribution in [2.75, 3.05) is 0 Å². The van der Waals surface area contributed by atoms with Gasteiger partial charge in [-0.15, -0.1) is 0 Å². The van der Waals surface area contributed by atoms with Crippen molar-refractivity contribution in [2.45, 2.75) is 32.5 Å². The average Bonchev–Trinajstić information content (AvgIpc) is 2.77. The Bertz CT molecular complexity index is 955. The molecule has 0 radical (unpaired) electrons. The molecular weight excluding hydrogens is 376 g/mol. The molecule has 2 amide bonds. The van der Waals surface area contributed by atoms with Gasteiger partial charge in [-0.3, -0.25) is 9.59 Å². The Morgan fingerprint density at radius 1 is 0.833 bits per heavy atom. The number of carbonyl (C=O) groups excluding carboxylic acids is 2. The van der Waals surface area contributed by atoms with Gasteiger partial charge < -0.3 is 15.4 Å². The van der Waals surface area contributed by atoms with E-state index in [2.05, 4.69) is 10.6 Å². The van der Waals surface area contributed by atoms with E-state index in [1.54, 1.807) is 24.3 Å². The number of hydrogen-bond donors (Lipinski definition) is 2. The van der Waals surface area contributed by atoms with E-state index in [1.807, 2.05) is 74.5 Å². The van der Waals surface area contributed by atoms with Gasteiger partial charge in [-0.1, -0.05) is 60.7 Å². The van der Waals surface area contributed by atoms with Crippen LogP contribution in [0.2, 0.25) is 0 Å². The highest BCUT2D eigenvalue weighted by molar-refractivity contribution is 5.97. The van der Waals surface area contributed by atoms with Gasteiger partial charge in [-0.25, -0.2) is 0 Å². The first-order valence-corrected chi connectivity index (χ1v) is 9.97. The number of rotatable bonds is 8. The zero-order valence-corrected chi connectivity index (χ0v) is 17.2. The highest BCUT2D eigenvalue weighted by Gasteiger charge is 2.23. The molecule has 0 saturated heterocycles. The summed E-state index contributed by atoms with van der Waals surface area (Å²) in [6.45, 7) is 4.30. The van der Waals surface area contributed by atoms with Crippen LogP contribution in [0.5, 0.6) is 5.75 Å². The molecule has 0 aliphatic carbocycles. The zero-order chi connectivity index (χ0) is 21.3. The molecule has 0 aliphatic rings. The second-order valence-corrected chi connectivity index (χ2v) is 7.21. The average molecular weight is 402 g/mol. The summed E-state index contributed by atoms with van der Waals surface area (Å²) in [6.07, 6.45) is 0.107. The second-order valence-electron chi connectivity index (χ2n) is 7.21. The molecule has 0 spiro atoms. The molecule has 154 valence electrons. The monoisotopic (exact) mass is 402 g/mol. The van der Waals surface area contributed by atoms with E-state index in [0.717, 1.165) is 16.9 Å². The maximum Gasteiger partial charge on any atom is 0.252 e. The number of benzene rings is 3. The summed E-state index contributed by atoms with van der Waals surface area (Å²) in [5.74, 6) is 0.222. The van der Waals surface area contributed by atoms with E-state index in [1.165, 1.54) is 0 Å². The summed E-state index contributed by atoms with van der Waals surface area (Å²) in [5.41, 5.74) is 2.17.